The Balaban J connectivity index is 2.11. The third-order valence-electron chi connectivity index (χ3n) is 3.76. The predicted molar refractivity (Wildman–Crippen MR) is 102 cm³/mol. The van der Waals surface area contributed by atoms with Crippen LogP contribution in [0.1, 0.15) is 45.9 Å². The zero-order valence-corrected chi connectivity index (χ0v) is 16.0. The van der Waals surface area contributed by atoms with Gasteiger partial charge in [-0.2, -0.15) is 0 Å². The summed E-state index contributed by atoms with van der Waals surface area (Å²) in [7, 11) is 0. The number of aryl methyl sites for hydroxylation is 1. The summed E-state index contributed by atoms with van der Waals surface area (Å²) in [4.78, 5) is 36.3. The lowest BCUT2D eigenvalue weighted by Crippen LogP contribution is -2.41. The van der Waals surface area contributed by atoms with Gasteiger partial charge in [-0.15, -0.1) is 11.3 Å². The first kappa shape index (κ1) is 20.6. The average molecular weight is 392 g/mol. The Morgan fingerprint density at radius 1 is 1.19 bits per heavy atom. The van der Waals surface area contributed by atoms with Gasteiger partial charge in [0.15, 0.2) is 0 Å². The topological polar surface area (TPSA) is 95.5 Å². The molecule has 1 heterocycles. The largest absolute Gasteiger partial charge is 0.480 e. The molecule has 2 amide bonds. The number of halogens is 1. The second kappa shape index (κ2) is 8.77. The van der Waals surface area contributed by atoms with Crippen molar-refractivity contribution >= 4 is 34.1 Å². The molecule has 0 fully saturated rings. The molecular weight excluding hydrogens is 371 g/mol. The summed E-state index contributed by atoms with van der Waals surface area (Å²) in [5.41, 5.74) is 0.774. The molecule has 1 aromatic heterocycles. The van der Waals surface area contributed by atoms with Crippen molar-refractivity contribution in [2.75, 3.05) is 5.32 Å². The van der Waals surface area contributed by atoms with Crippen LogP contribution in [-0.4, -0.2) is 28.9 Å². The Labute approximate surface area is 160 Å². The molecule has 0 bridgehead atoms. The minimum absolute atomic E-state index is 0.108. The van der Waals surface area contributed by atoms with E-state index in [9.17, 15) is 23.9 Å². The van der Waals surface area contributed by atoms with Crippen molar-refractivity contribution in [1.29, 1.82) is 0 Å². The number of carboxylic acids is 1. The van der Waals surface area contributed by atoms with Gasteiger partial charge in [-0.3, -0.25) is 9.59 Å². The number of thiophene rings is 1. The summed E-state index contributed by atoms with van der Waals surface area (Å²) in [5.74, 6) is -2.50. The van der Waals surface area contributed by atoms with Crippen molar-refractivity contribution in [3.05, 3.63) is 52.2 Å². The second-order valence-electron chi connectivity index (χ2n) is 6.58. The fourth-order valence-corrected chi connectivity index (χ4v) is 3.47. The standard InChI is InChI=1S/C19H21FN2O4S/c1-10(2)7-14(19(25)26)21-18(24)16-11(3)8-15(27-16)22-17(23)12-5-4-6-13(20)9-12/h4-6,8-10,14H,7H2,1-3H3,(H,21,24)(H,22,23)(H,25,26)/t14-/m1/s1. The number of benzene rings is 1. The Bertz CT molecular complexity index is 863. The average Bonchev–Trinajstić information content (AvgIpc) is 2.94. The number of amides is 2. The van der Waals surface area contributed by atoms with Gasteiger partial charge >= 0.3 is 5.97 Å². The van der Waals surface area contributed by atoms with E-state index in [1.165, 1.54) is 18.2 Å². The number of carboxylic acid groups (broad SMARTS) is 1. The van der Waals surface area contributed by atoms with Gasteiger partial charge in [0.05, 0.1) is 9.88 Å². The molecule has 144 valence electrons. The number of rotatable bonds is 7. The fourth-order valence-electron chi connectivity index (χ4n) is 2.50. The molecule has 0 unspecified atom stereocenters. The van der Waals surface area contributed by atoms with Crippen LogP contribution in [0.15, 0.2) is 30.3 Å². The lowest BCUT2D eigenvalue weighted by Gasteiger charge is -2.16. The van der Waals surface area contributed by atoms with Crippen molar-refractivity contribution in [3.63, 3.8) is 0 Å². The highest BCUT2D eigenvalue weighted by Crippen LogP contribution is 2.27. The van der Waals surface area contributed by atoms with E-state index in [0.29, 0.717) is 21.9 Å². The minimum Gasteiger partial charge on any atom is -0.480 e. The molecule has 2 aromatic rings. The van der Waals surface area contributed by atoms with Crippen LogP contribution in [0.25, 0.3) is 0 Å². The molecule has 6 nitrogen and oxygen atoms in total. The van der Waals surface area contributed by atoms with E-state index >= 15 is 0 Å². The molecule has 0 saturated heterocycles. The zero-order chi connectivity index (χ0) is 20.1. The molecule has 2 rings (SSSR count). The number of hydrogen-bond donors (Lipinski definition) is 3. The quantitative estimate of drug-likeness (QED) is 0.670. The van der Waals surface area contributed by atoms with Crippen LogP contribution in [-0.2, 0) is 4.79 Å². The Morgan fingerprint density at radius 2 is 1.89 bits per heavy atom. The minimum atomic E-state index is -1.09. The molecular formula is C19H21FN2O4S. The number of carbonyl (C=O) groups excluding carboxylic acids is 2. The van der Waals surface area contributed by atoms with Gasteiger partial charge in [-0.1, -0.05) is 19.9 Å². The van der Waals surface area contributed by atoms with E-state index in [0.717, 1.165) is 17.4 Å². The van der Waals surface area contributed by atoms with Crippen LogP contribution in [0.4, 0.5) is 9.39 Å². The maximum atomic E-state index is 13.2. The van der Waals surface area contributed by atoms with Crippen molar-refractivity contribution in [2.24, 2.45) is 5.92 Å². The number of anilines is 1. The Morgan fingerprint density at radius 3 is 2.48 bits per heavy atom. The predicted octanol–water partition coefficient (Wildman–Crippen LogP) is 3.68. The molecule has 3 N–H and O–H groups in total. The van der Waals surface area contributed by atoms with Gasteiger partial charge in [-0.05, 0) is 49.1 Å². The SMILES string of the molecule is Cc1cc(NC(=O)c2cccc(F)c2)sc1C(=O)N[C@H](CC(C)C)C(=O)O. The summed E-state index contributed by atoms with van der Waals surface area (Å²) in [6, 6.07) is 5.91. The summed E-state index contributed by atoms with van der Waals surface area (Å²) in [6.07, 6.45) is 0.314. The highest BCUT2D eigenvalue weighted by Gasteiger charge is 2.24. The lowest BCUT2D eigenvalue weighted by molar-refractivity contribution is -0.139. The molecule has 0 saturated carbocycles. The zero-order valence-electron chi connectivity index (χ0n) is 15.2. The summed E-state index contributed by atoms with van der Waals surface area (Å²) < 4.78 is 13.2. The molecule has 0 aliphatic rings. The van der Waals surface area contributed by atoms with Crippen molar-refractivity contribution < 1.29 is 23.9 Å². The first-order valence-corrected chi connectivity index (χ1v) is 9.20. The highest BCUT2D eigenvalue weighted by atomic mass is 32.1. The first-order valence-electron chi connectivity index (χ1n) is 8.38. The molecule has 27 heavy (non-hydrogen) atoms. The number of hydrogen-bond acceptors (Lipinski definition) is 4. The molecule has 1 atom stereocenters. The van der Waals surface area contributed by atoms with Crippen LogP contribution in [0.5, 0.6) is 0 Å². The van der Waals surface area contributed by atoms with Gasteiger partial charge in [0.1, 0.15) is 11.9 Å². The number of aliphatic carboxylic acids is 1. The fraction of sp³-hybridized carbons (Fsp3) is 0.316. The van der Waals surface area contributed by atoms with Crippen LogP contribution in [0.3, 0.4) is 0 Å². The Kier molecular flexibility index (Phi) is 6.68. The first-order chi connectivity index (χ1) is 12.7. The van der Waals surface area contributed by atoms with E-state index in [-0.39, 0.29) is 11.5 Å². The van der Waals surface area contributed by atoms with Crippen LogP contribution in [0, 0.1) is 18.7 Å². The molecule has 0 aliphatic carbocycles. The third-order valence-corrected chi connectivity index (χ3v) is 4.91. The van der Waals surface area contributed by atoms with Gasteiger partial charge in [-0.25, -0.2) is 9.18 Å². The van der Waals surface area contributed by atoms with Crippen LogP contribution in [0.2, 0.25) is 0 Å². The van der Waals surface area contributed by atoms with Gasteiger partial charge < -0.3 is 15.7 Å². The van der Waals surface area contributed by atoms with Crippen LogP contribution < -0.4 is 10.6 Å². The summed E-state index contributed by atoms with van der Waals surface area (Å²) >= 11 is 1.04. The van der Waals surface area contributed by atoms with Gasteiger partial charge in [0, 0.05) is 5.56 Å². The Hall–Kier alpha value is -2.74. The number of carbonyl (C=O) groups is 3. The van der Waals surface area contributed by atoms with Crippen molar-refractivity contribution in [1.82, 2.24) is 5.32 Å². The molecule has 0 radical (unpaired) electrons. The van der Waals surface area contributed by atoms with Gasteiger partial charge in [0.25, 0.3) is 11.8 Å². The number of nitrogens with one attached hydrogen (secondary N) is 2. The third kappa shape index (κ3) is 5.62. The van der Waals surface area contributed by atoms with Crippen LogP contribution >= 0.6 is 11.3 Å². The molecule has 1 aromatic carbocycles. The van der Waals surface area contributed by atoms with E-state index in [1.54, 1.807) is 13.0 Å². The van der Waals surface area contributed by atoms with Gasteiger partial charge in [0.2, 0.25) is 0 Å². The normalized spacial score (nSPS) is 11.9. The van der Waals surface area contributed by atoms with Crippen molar-refractivity contribution in [3.8, 4) is 0 Å². The molecule has 0 aliphatic heterocycles. The van der Waals surface area contributed by atoms with E-state index < -0.39 is 29.6 Å². The smallest absolute Gasteiger partial charge is 0.326 e. The van der Waals surface area contributed by atoms with E-state index in [2.05, 4.69) is 10.6 Å². The lowest BCUT2D eigenvalue weighted by atomic mass is 10.0. The van der Waals surface area contributed by atoms with E-state index in [4.69, 9.17) is 0 Å². The van der Waals surface area contributed by atoms with Crippen molar-refractivity contribution in [2.45, 2.75) is 33.2 Å². The highest BCUT2D eigenvalue weighted by molar-refractivity contribution is 7.18. The monoisotopic (exact) mass is 392 g/mol. The van der Waals surface area contributed by atoms with E-state index in [1.807, 2.05) is 13.8 Å². The molecule has 8 heteroatoms. The molecule has 0 spiro atoms. The maximum absolute atomic E-state index is 13.2. The summed E-state index contributed by atoms with van der Waals surface area (Å²) in [5, 5.41) is 14.8. The second-order valence-corrected chi connectivity index (χ2v) is 7.63. The summed E-state index contributed by atoms with van der Waals surface area (Å²) in [6.45, 7) is 5.44. The maximum Gasteiger partial charge on any atom is 0.326 e.